The van der Waals surface area contributed by atoms with E-state index >= 15 is 0 Å². The van der Waals surface area contributed by atoms with E-state index in [0.29, 0.717) is 23.9 Å². The van der Waals surface area contributed by atoms with Crippen LogP contribution in [-0.2, 0) is 13.5 Å². The van der Waals surface area contributed by atoms with Crippen LogP contribution in [0.15, 0.2) is 12.3 Å². The number of nitrogens with two attached hydrogens (primary N) is 1. The molecule has 2 N–H and O–H groups in total. The Bertz CT molecular complexity index is 563. The summed E-state index contributed by atoms with van der Waals surface area (Å²) >= 11 is 0. The molecule has 0 fully saturated rings. The molecule has 0 aliphatic rings. The van der Waals surface area contributed by atoms with E-state index in [1.165, 1.54) is 13.2 Å². The highest BCUT2D eigenvalue weighted by Crippen LogP contribution is 2.32. The number of nitrogens with zero attached hydrogens (tertiary/aromatic N) is 1. The standard InChI is InChI=1S/C12H14F2N2O/c1-16-6-7(3-4-15)10-9(16)5-8(13)12(17-2)11(10)14/h5-6H,3-4,15H2,1-2H3. The lowest BCUT2D eigenvalue weighted by atomic mass is 10.1. The van der Waals surface area contributed by atoms with Crippen LogP contribution in [0.25, 0.3) is 10.9 Å². The monoisotopic (exact) mass is 240 g/mol. The van der Waals surface area contributed by atoms with Crippen LogP contribution >= 0.6 is 0 Å². The van der Waals surface area contributed by atoms with Crippen LogP contribution in [0.1, 0.15) is 5.56 Å². The van der Waals surface area contributed by atoms with Gasteiger partial charge < -0.3 is 15.0 Å². The number of methoxy groups -OCH3 is 1. The molecule has 0 amide bonds. The molecule has 3 nitrogen and oxygen atoms in total. The van der Waals surface area contributed by atoms with Crippen molar-refractivity contribution >= 4 is 10.9 Å². The first-order valence-corrected chi connectivity index (χ1v) is 5.30. The van der Waals surface area contributed by atoms with Crippen molar-refractivity contribution < 1.29 is 13.5 Å². The van der Waals surface area contributed by atoms with E-state index < -0.39 is 11.6 Å². The first kappa shape index (κ1) is 11.9. The van der Waals surface area contributed by atoms with Gasteiger partial charge in [-0.2, -0.15) is 0 Å². The van der Waals surface area contributed by atoms with Crippen LogP contribution in [0, 0.1) is 11.6 Å². The molecule has 0 unspecified atom stereocenters. The molecule has 2 rings (SSSR count). The van der Waals surface area contributed by atoms with Gasteiger partial charge in [-0.25, -0.2) is 8.78 Å². The van der Waals surface area contributed by atoms with Gasteiger partial charge in [0.15, 0.2) is 17.4 Å². The molecule has 92 valence electrons. The molecule has 0 bridgehead atoms. The van der Waals surface area contributed by atoms with Gasteiger partial charge in [0, 0.05) is 24.7 Å². The minimum absolute atomic E-state index is 0.345. The fraction of sp³-hybridized carbons (Fsp3) is 0.333. The van der Waals surface area contributed by atoms with E-state index in [4.69, 9.17) is 10.5 Å². The Morgan fingerprint density at radius 2 is 2.12 bits per heavy atom. The van der Waals surface area contributed by atoms with Crippen LogP contribution in [0.4, 0.5) is 8.78 Å². The summed E-state index contributed by atoms with van der Waals surface area (Å²) in [6.45, 7) is 0.415. The molecule has 17 heavy (non-hydrogen) atoms. The lowest BCUT2D eigenvalue weighted by Crippen LogP contribution is -2.02. The average Bonchev–Trinajstić information content (AvgIpc) is 2.57. The SMILES string of the molecule is COc1c(F)cc2c(c(CCN)cn2C)c1F. The molecule has 1 aromatic heterocycles. The molecule has 1 aromatic carbocycles. The van der Waals surface area contributed by atoms with Crippen molar-refractivity contribution in [3.05, 3.63) is 29.5 Å². The molecule has 5 heteroatoms. The Labute approximate surface area is 97.8 Å². The van der Waals surface area contributed by atoms with Gasteiger partial charge in [-0.1, -0.05) is 0 Å². The second kappa shape index (κ2) is 4.33. The first-order valence-electron chi connectivity index (χ1n) is 5.30. The van der Waals surface area contributed by atoms with E-state index in [0.717, 1.165) is 5.56 Å². The van der Waals surface area contributed by atoms with Gasteiger partial charge in [-0.05, 0) is 18.5 Å². The Balaban J connectivity index is 2.80. The lowest BCUT2D eigenvalue weighted by Gasteiger charge is -2.06. The number of aromatic nitrogens is 1. The molecule has 1 heterocycles. The number of fused-ring (bicyclic) bond motifs is 1. The summed E-state index contributed by atoms with van der Waals surface area (Å²) in [6, 6.07) is 1.28. The molecular formula is C12H14F2N2O. The minimum atomic E-state index is -0.696. The minimum Gasteiger partial charge on any atom is -0.491 e. The predicted molar refractivity (Wildman–Crippen MR) is 62.1 cm³/mol. The highest BCUT2D eigenvalue weighted by Gasteiger charge is 2.19. The first-order chi connectivity index (χ1) is 8.10. The van der Waals surface area contributed by atoms with Crippen molar-refractivity contribution in [2.45, 2.75) is 6.42 Å². The highest BCUT2D eigenvalue weighted by atomic mass is 19.1. The summed E-state index contributed by atoms with van der Waals surface area (Å²) in [7, 11) is 2.99. The maximum absolute atomic E-state index is 14.1. The summed E-state index contributed by atoms with van der Waals surface area (Å²) in [5.74, 6) is -1.70. The number of aryl methyl sites for hydroxylation is 1. The van der Waals surface area contributed by atoms with Crippen molar-refractivity contribution in [1.82, 2.24) is 4.57 Å². The molecule has 2 aromatic rings. The second-order valence-corrected chi connectivity index (χ2v) is 3.90. The van der Waals surface area contributed by atoms with Crippen molar-refractivity contribution in [3.8, 4) is 5.75 Å². The Kier molecular flexibility index (Phi) is 3.02. The number of hydrogen-bond acceptors (Lipinski definition) is 2. The fourth-order valence-electron chi connectivity index (χ4n) is 2.07. The van der Waals surface area contributed by atoms with Gasteiger partial charge in [-0.15, -0.1) is 0 Å². The van der Waals surface area contributed by atoms with Crippen LogP contribution < -0.4 is 10.5 Å². The van der Waals surface area contributed by atoms with Gasteiger partial charge >= 0.3 is 0 Å². The van der Waals surface area contributed by atoms with Crippen LogP contribution in [-0.4, -0.2) is 18.2 Å². The van der Waals surface area contributed by atoms with Crippen LogP contribution in [0.3, 0.4) is 0 Å². The van der Waals surface area contributed by atoms with Crippen molar-refractivity contribution in [1.29, 1.82) is 0 Å². The van der Waals surface area contributed by atoms with Gasteiger partial charge in [0.05, 0.1) is 12.6 Å². The van der Waals surface area contributed by atoms with E-state index in [-0.39, 0.29) is 5.75 Å². The molecule has 0 saturated heterocycles. The summed E-state index contributed by atoms with van der Waals surface area (Å²) < 4.78 is 34.1. The Hall–Kier alpha value is -1.62. The molecule has 0 atom stereocenters. The predicted octanol–water partition coefficient (Wildman–Crippen LogP) is 1.97. The average molecular weight is 240 g/mol. The quantitative estimate of drug-likeness (QED) is 0.891. The van der Waals surface area contributed by atoms with Gasteiger partial charge in [0.2, 0.25) is 0 Å². The van der Waals surface area contributed by atoms with Crippen molar-refractivity contribution in [2.24, 2.45) is 12.8 Å². The molecular weight excluding hydrogens is 226 g/mol. The Morgan fingerprint density at radius 1 is 1.41 bits per heavy atom. The maximum Gasteiger partial charge on any atom is 0.191 e. The zero-order valence-corrected chi connectivity index (χ0v) is 9.76. The molecule has 0 aliphatic carbocycles. The third kappa shape index (κ3) is 1.76. The van der Waals surface area contributed by atoms with E-state index in [1.807, 2.05) is 0 Å². The largest absolute Gasteiger partial charge is 0.491 e. The topological polar surface area (TPSA) is 40.2 Å². The smallest absolute Gasteiger partial charge is 0.191 e. The fourth-order valence-corrected chi connectivity index (χ4v) is 2.07. The number of halogens is 2. The Morgan fingerprint density at radius 3 is 2.71 bits per heavy atom. The molecule has 0 saturated carbocycles. The van der Waals surface area contributed by atoms with E-state index in [1.54, 1.807) is 17.8 Å². The van der Waals surface area contributed by atoms with Gasteiger partial charge in [-0.3, -0.25) is 0 Å². The molecule has 0 aliphatic heterocycles. The third-order valence-electron chi connectivity index (χ3n) is 2.82. The number of hydrogen-bond donors (Lipinski definition) is 1. The lowest BCUT2D eigenvalue weighted by molar-refractivity contribution is 0.362. The summed E-state index contributed by atoms with van der Waals surface area (Å²) in [4.78, 5) is 0. The zero-order valence-electron chi connectivity index (χ0n) is 9.76. The summed E-state index contributed by atoms with van der Waals surface area (Å²) in [5, 5.41) is 0.385. The van der Waals surface area contributed by atoms with E-state index in [9.17, 15) is 8.78 Å². The van der Waals surface area contributed by atoms with Crippen LogP contribution in [0.5, 0.6) is 5.75 Å². The third-order valence-corrected chi connectivity index (χ3v) is 2.82. The second-order valence-electron chi connectivity index (χ2n) is 3.90. The maximum atomic E-state index is 14.1. The molecule has 0 radical (unpaired) electrons. The summed E-state index contributed by atoms with van der Waals surface area (Å²) in [6.07, 6.45) is 2.31. The van der Waals surface area contributed by atoms with Crippen molar-refractivity contribution in [2.75, 3.05) is 13.7 Å². The van der Waals surface area contributed by atoms with Gasteiger partial charge in [0.25, 0.3) is 0 Å². The number of ether oxygens (including phenoxy) is 1. The molecule has 0 spiro atoms. The zero-order chi connectivity index (χ0) is 12.6. The van der Waals surface area contributed by atoms with Crippen molar-refractivity contribution in [3.63, 3.8) is 0 Å². The van der Waals surface area contributed by atoms with Crippen LogP contribution in [0.2, 0.25) is 0 Å². The number of rotatable bonds is 3. The van der Waals surface area contributed by atoms with E-state index in [2.05, 4.69) is 0 Å². The normalized spacial score (nSPS) is 11.1. The van der Waals surface area contributed by atoms with Gasteiger partial charge in [0.1, 0.15) is 0 Å². The summed E-state index contributed by atoms with van der Waals surface area (Å²) in [5.41, 5.74) is 6.74. The highest BCUT2D eigenvalue weighted by molar-refractivity contribution is 5.86. The number of benzene rings is 1.